The van der Waals surface area contributed by atoms with Gasteiger partial charge in [0.1, 0.15) is 11.5 Å². The van der Waals surface area contributed by atoms with Gasteiger partial charge in [0.25, 0.3) is 0 Å². The second-order valence-corrected chi connectivity index (χ2v) is 4.08. The van der Waals surface area contributed by atoms with Crippen molar-refractivity contribution in [2.75, 3.05) is 14.2 Å². The molecule has 0 spiro atoms. The molecule has 0 bridgehead atoms. The maximum atomic E-state index is 10.8. The van der Waals surface area contributed by atoms with Crippen molar-refractivity contribution >= 4 is 5.97 Å². The minimum atomic E-state index is -0.831. The van der Waals surface area contributed by atoms with Crippen LogP contribution in [0.2, 0.25) is 0 Å². The molecule has 1 N–H and O–H groups in total. The predicted octanol–water partition coefficient (Wildman–Crippen LogP) is 2.59. The number of carboxylic acid groups (broad SMARTS) is 1. The molecule has 1 aromatic carbocycles. The lowest BCUT2D eigenvalue weighted by Crippen LogP contribution is -2.06. The highest BCUT2D eigenvalue weighted by Crippen LogP contribution is 2.37. The standard InChI is InChI=1S/C13H18O4/c1-8-5-10(16-3)13(11(6-8)17-4)9(2)7-12(14)15/h5-6,9H,7H2,1-4H3,(H,14,15). The highest BCUT2D eigenvalue weighted by atomic mass is 16.5. The van der Waals surface area contributed by atoms with E-state index in [2.05, 4.69) is 0 Å². The van der Waals surface area contributed by atoms with Crippen molar-refractivity contribution in [2.45, 2.75) is 26.2 Å². The maximum absolute atomic E-state index is 10.8. The fourth-order valence-electron chi connectivity index (χ4n) is 1.92. The number of carbonyl (C=O) groups is 1. The van der Waals surface area contributed by atoms with E-state index in [1.165, 1.54) is 0 Å². The van der Waals surface area contributed by atoms with Crippen molar-refractivity contribution in [1.29, 1.82) is 0 Å². The van der Waals surface area contributed by atoms with Gasteiger partial charge in [0, 0.05) is 5.56 Å². The number of rotatable bonds is 5. The van der Waals surface area contributed by atoms with E-state index < -0.39 is 5.97 Å². The first kappa shape index (κ1) is 13.4. The lowest BCUT2D eigenvalue weighted by atomic mass is 9.94. The number of methoxy groups -OCH3 is 2. The normalized spacial score (nSPS) is 12.0. The van der Waals surface area contributed by atoms with Crippen molar-refractivity contribution < 1.29 is 19.4 Å². The summed E-state index contributed by atoms with van der Waals surface area (Å²) < 4.78 is 10.6. The van der Waals surface area contributed by atoms with Gasteiger partial charge >= 0.3 is 5.97 Å². The molecule has 0 aliphatic carbocycles. The van der Waals surface area contributed by atoms with Crippen molar-refractivity contribution in [2.24, 2.45) is 0 Å². The first-order chi connectivity index (χ1) is 7.99. The van der Waals surface area contributed by atoms with E-state index in [0.29, 0.717) is 11.5 Å². The molecule has 0 aliphatic heterocycles. The van der Waals surface area contributed by atoms with Gasteiger partial charge in [-0.25, -0.2) is 0 Å². The Bertz CT molecular complexity index is 387. The zero-order valence-electron chi connectivity index (χ0n) is 10.6. The van der Waals surface area contributed by atoms with Gasteiger partial charge in [-0.1, -0.05) is 6.92 Å². The SMILES string of the molecule is COc1cc(C)cc(OC)c1C(C)CC(=O)O. The molecule has 0 heterocycles. The molecule has 1 atom stereocenters. The molecule has 0 amide bonds. The average Bonchev–Trinajstić information content (AvgIpc) is 2.26. The van der Waals surface area contributed by atoms with Crippen LogP contribution in [0.3, 0.4) is 0 Å². The Balaban J connectivity index is 3.23. The van der Waals surface area contributed by atoms with Gasteiger partial charge in [0.2, 0.25) is 0 Å². The van der Waals surface area contributed by atoms with Crippen LogP contribution in [-0.2, 0) is 4.79 Å². The number of ether oxygens (including phenoxy) is 2. The molecule has 1 unspecified atom stereocenters. The minimum absolute atomic E-state index is 0.0514. The van der Waals surface area contributed by atoms with E-state index >= 15 is 0 Å². The molecule has 94 valence electrons. The van der Waals surface area contributed by atoms with E-state index in [1.807, 2.05) is 26.0 Å². The third-order valence-electron chi connectivity index (χ3n) is 2.66. The molecule has 0 aromatic heterocycles. The van der Waals surface area contributed by atoms with E-state index in [1.54, 1.807) is 14.2 Å². The van der Waals surface area contributed by atoms with Gasteiger partial charge in [-0.05, 0) is 30.5 Å². The van der Waals surface area contributed by atoms with Crippen LogP contribution in [0.15, 0.2) is 12.1 Å². The molecule has 4 heteroatoms. The van der Waals surface area contributed by atoms with E-state index in [4.69, 9.17) is 14.6 Å². The van der Waals surface area contributed by atoms with Crippen LogP contribution in [0.25, 0.3) is 0 Å². The Kier molecular flexibility index (Phi) is 4.37. The molecular weight excluding hydrogens is 220 g/mol. The van der Waals surface area contributed by atoms with Gasteiger partial charge in [0.15, 0.2) is 0 Å². The number of benzene rings is 1. The molecule has 0 saturated heterocycles. The molecule has 1 aromatic rings. The summed E-state index contributed by atoms with van der Waals surface area (Å²) in [4.78, 5) is 10.8. The van der Waals surface area contributed by atoms with Crippen LogP contribution in [0.1, 0.15) is 30.4 Å². The summed E-state index contributed by atoms with van der Waals surface area (Å²) in [5.74, 6) is 0.367. The molecule has 0 saturated carbocycles. The summed E-state index contributed by atoms with van der Waals surface area (Å²) in [6, 6.07) is 3.77. The van der Waals surface area contributed by atoms with Crippen molar-refractivity contribution in [3.63, 3.8) is 0 Å². The summed E-state index contributed by atoms with van der Waals surface area (Å²) >= 11 is 0. The lowest BCUT2D eigenvalue weighted by molar-refractivity contribution is -0.137. The molecule has 17 heavy (non-hydrogen) atoms. The zero-order chi connectivity index (χ0) is 13.0. The topological polar surface area (TPSA) is 55.8 Å². The highest BCUT2D eigenvalue weighted by molar-refractivity contribution is 5.68. The van der Waals surface area contributed by atoms with E-state index in [0.717, 1.165) is 11.1 Å². The fraction of sp³-hybridized carbons (Fsp3) is 0.462. The van der Waals surface area contributed by atoms with Gasteiger partial charge in [-0.3, -0.25) is 4.79 Å². The summed E-state index contributed by atoms with van der Waals surface area (Å²) in [5, 5.41) is 8.85. The van der Waals surface area contributed by atoms with Gasteiger partial charge < -0.3 is 14.6 Å². The molecule has 0 aliphatic rings. The Hall–Kier alpha value is -1.71. The third kappa shape index (κ3) is 3.12. The number of hydrogen-bond donors (Lipinski definition) is 1. The van der Waals surface area contributed by atoms with Crippen LogP contribution >= 0.6 is 0 Å². The summed E-state index contributed by atoms with van der Waals surface area (Å²) in [6.45, 7) is 3.79. The molecule has 1 rings (SSSR count). The summed E-state index contributed by atoms with van der Waals surface area (Å²) in [5.41, 5.74) is 1.83. The molecule has 0 radical (unpaired) electrons. The Morgan fingerprint density at radius 1 is 1.29 bits per heavy atom. The fourth-order valence-corrected chi connectivity index (χ4v) is 1.92. The third-order valence-corrected chi connectivity index (χ3v) is 2.66. The van der Waals surface area contributed by atoms with Crippen molar-refractivity contribution in [3.05, 3.63) is 23.3 Å². The monoisotopic (exact) mass is 238 g/mol. The first-order valence-corrected chi connectivity index (χ1v) is 5.44. The van der Waals surface area contributed by atoms with Crippen molar-refractivity contribution in [3.8, 4) is 11.5 Å². The van der Waals surface area contributed by atoms with Crippen LogP contribution in [0, 0.1) is 6.92 Å². The largest absolute Gasteiger partial charge is 0.496 e. The van der Waals surface area contributed by atoms with E-state index in [-0.39, 0.29) is 12.3 Å². The number of carboxylic acids is 1. The number of aliphatic carboxylic acids is 1. The van der Waals surface area contributed by atoms with Crippen LogP contribution in [-0.4, -0.2) is 25.3 Å². The quantitative estimate of drug-likeness (QED) is 0.856. The van der Waals surface area contributed by atoms with Crippen molar-refractivity contribution in [1.82, 2.24) is 0 Å². The minimum Gasteiger partial charge on any atom is -0.496 e. The Morgan fingerprint density at radius 3 is 2.12 bits per heavy atom. The van der Waals surface area contributed by atoms with Gasteiger partial charge in [0.05, 0.1) is 20.6 Å². The van der Waals surface area contributed by atoms with Gasteiger partial charge in [-0.2, -0.15) is 0 Å². The summed E-state index contributed by atoms with van der Waals surface area (Å²) in [7, 11) is 3.15. The lowest BCUT2D eigenvalue weighted by Gasteiger charge is -2.18. The second kappa shape index (κ2) is 5.57. The van der Waals surface area contributed by atoms with Crippen LogP contribution in [0.4, 0.5) is 0 Å². The Labute approximate surface area is 101 Å². The second-order valence-electron chi connectivity index (χ2n) is 4.08. The summed E-state index contributed by atoms with van der Waals surface area (Å²) in [6.07, 6.45) is 0.0514. The molecular formula is C13H18O4. The van der Waals surface area contributed by atoms with Crippen LogP contribution in [0.5, 0.6) is 11.5 Å². The van der Waals surface area contributed by atoms with Gasteiger partial charge in [-0.15, -0.1) is 0 Å². The smallest absolute Gasteiger partial charge is 0.303 e. The zero-order valence-corrected chi connectivity index (χ0v) is 10.6. The highest BCUT2D eigenvalue weighted by Gasteiger charge is 2.20. The maximum Gasteiger partial charge on any atom is 0.303 e. The predicted molar refractivity (Wildman–Crippen MR) is 65.0 cm³/mol. The van der Waals surface area contributed by atoms with Crippen LogP contribution < -0.4 is 9.47 Å². The molecule has 4 nitrogen and oxygen atoms in total. The average molecular weight is 238 g/mol. The van der Waals surface area contributed by atoms with E-state index in [9.17, 15) is 4.79 Å². The number of hydrogen-bond acceptors (Lipinski definition) is 3. The Morgan fingerprint density at radius 2 is 1.76 bits per heavy atom. The molecule has 0 fully saturated rings. The number of aryl methyl sites for hydroxylation is 1. The first-order valence-electron chi connectivity index (χ1n) is 5.44.